The van der Waals surface area contributed by atoms with Crippen LogP contribution in [0.5, 0.6) is 0 Å². The van der Waals surface area contributed by atoms with Crippen molar-refractivity contribution in [3.8, 4) is 0 Å². The first-order valence-electron chi connectivity index (χ1n) is 20.1. The van der Waals surface area contributed by atoms with E-state index >= 15 is 0 Å². The first-order chi connectivity index (χ1) is 29.1. The van der Waals surface area contributed by atoms with Gasteiger partial charge in [0.25, 0.3) is 0 Å². The van der Waals surface area contributed by atoms with Gasteiger partial charge in [0.15, 0.2) is 12.6 Å². The van der Waals surface area contributed by atoms with Gasteiger partial charge in [-0.05, 0) is 27.8 Å². The summed E-state index contributed by atoms with van der Waals surface area (Å²) in [6.45, 7) is 1.39. The summed E-state index contributed by atoms with van der Waals surface area (Å²) in [7, 11) is 1.56. The van der Waals surface area contributed by atoms with Gasteiger partial charge < -0.3 is 52.8 Å². The molecule has 0 aromatic heterocycles. The van der Waals surface area contributed by atoms with Crippen molar-refractivity contribution in [2.45, 2.75) is 94.4 Å². The van der Waals surface area contributed by atoms with E-state index in [1.165, 1.54) is 0 Å². The van der Waals surface area contributed by atoms with Gasteiger partial charge in [0.1, 0.15) is 48.8 Å². The van der Waals surface area contributed by atoms with Crippen molar-refractivity contribution in [3.63, 3.8) is 0 Å². The fourth-order valence-electron chi connectivity index (χ4n) is 7.28. The number of methoxy groups -OCH3 is 1. The number of benzene rings is 5. The molecule has 0 spiro atoms. The molecule has 0 bridgehead atoms. The van der Waals surface area contributed by atoms with Crippen molar-refractivity contribution >= 4 is 0 Å². The fourth-order valence-corrected chi connectivity index (χ4v) is 7.28. The molecule has 0 radical (unpaired) electrons. The third-order valence-electron chi connectivity index (χ3n) is 10.4. The van der Waals surface area contributed by atoms with E-state index in [9.17, 15) is 10.2 Å². The fraction of sp³-hybridized carbons (Fsp3) is 0.375. The number of aliphatic hydroxyl groups is 2. The molecule has 5 aromatic carbocycles. The van der Waals surface area contributed by atoms with Crippen LogP contribution in [-0.4, -0.2) is 91.9 Å². The van der Waals surface area contributed by atoms with Crippen LogP contribution in [0.1, 0.15) is 27.8 Å². The molecule has 11 heteroatoms. The second-order valence-corrected chi connectivity index (χ2v) is 14.7. The molecule has 7 rings (SSSR count). The highest BCUT2D eigenvalue weighted by atomic mass is 16.8. The molecule has 5 aromatic rings. The lowest BCUT2D eigenvalue weighted by molar-refractivity contribution is -0.369. The molecule has 2 N–H and O–H groups in total. The van der Waals surface area contributed by atoms with Crippen LogP contribution in [-0.2, 0) is 75.7 Å². The van der Waals surface area contributed by atoms with Crippen LogP contribution in [0.25, 0.3) is 0 Å². The zero-order chi connectivity index (χ0) is 40.7. The van der Waals surface area contributed by atoms with Crippen LogP contribution in [0.3, 0.4) is 0 Å². The molecular weight excluding hydrogens is 753 g/mol. The third kappa shape index (κ3) is 12.1. The minimum Gasteiger partial charge on any atom is -0.387 e. The summed E-state index contributed by atoms with van der Waals surface area (Å²) in [6, 6.07) is 48.8. The quantitative estimate of drug-likeness (QED) is 0.0912. The standard InChI is InChI=1S/C48H54O11/c1-51-48-46(56-31-38-25-15-6-16-26-38)45(55-30-37-23-13-5-14-24-37)44(40(58-48)33-53-28-35-19-9-3-10-20-35)59-47-42(50)41(49)43(54-29-36-21-11-4-12-22-36)39(57-47)32-52-27-34-17-7-2-8-18-34/h2-26,39-50H,27-33H2,1H3/t39-,40-,41-,42-,43-,44-,45+,46-,47+,48+/m1/s1. The minimum absolute atomic E-state index is 0.0469. The maximum Gasteiger partial charge on any atom is 0.187 e. The van der Waals surface area contributed by atoms with Gasteiger partial charge in [-0.25, -0.2) is 0 Å². The van der Waals surface area contributed by atoms with Crippen LogP contribution >= 0.6 is 0 Å². The monoisotopic (exact) mass is 806 g/mol. The van der Waals surface area contributed by atoms with E-state index in [4.69, 9.17) is 42.6 Å². The van der Waals surface area contributed by atoms with Crippen LogP contribution in [0, 0.1) is 0 Å². The second-order valence-electron chi connectivity index (χ2n) is 14.7. The molecule has 0 amide bonds. The van der Waals surface area contributed by atoms with Crippen LogP contribution in [0.15, 0.2) is 152 Å². The molecule has 59 heavy (non-hydrogen) atoms. The number of hydrogen-bond acceptors (Lipinski definition) is 11. The summed E-state index contributed by atoms with van der Waals surface area (Å²) in [5.74, 6) is 0. The lowest BCUT2D eigenvalue weighted by Gasteiger charge is -2.48. The van der Waals surface area contributed by atoms with Gasteiger partial charge in [0.05, 0.1) is 46.2 Å². The van der Waals surface area contributed by atoms with E-state index in [0.29, 0.717) is 13.2 Å². The average Bonchev–Trinajstić information content (AvgIpc) is 3.29. The Morgan fingerprint density at radius 3 is 1.19 bits per heavy atom. The normalized spacial score (nSPS) is 27.0. The molecular formula is C48H54O11. The lowest BCUT2D eigenvalue weighted by atomic mass is 9.96. The molecule has 312 valence electrons. The number of hydrogen-bond donors (Lipinski definition) is 2. The first-order valence-corrected chi connectivity index (χ1v) is 20.1. The number of aliphatic hydroxyl groups excluding tert-OH is 2. The zero-order valence-electron chi connectivity index (χ0n) is 33.2. The Morgan fingerprint density at radius 1 is 0.407 bits per heavy atom. The molecule has 10 atom stereocenters. The Hall–Kier alpha value is -4.34. The topological polar surface area (TPSA) is 124 Å². The maximum absolute atomic E-state index is 11.8. The van der Waals surface area contributed by atoms with Gasteiger partial charge in [-0.1, -0.05) is 152 Å². The predicted octanol–water partition coefficient (Wildman–Crippen LogP) is 6.38. The Balaban J connectivity index is 1.16. The van der Waals surface area contributed by atoms with E-state index in [0.717, 1.165) is 27.8 Å². The molecule has 0 aliphatic carbocycles. The molecule has 2 aliphatic heterocycles. The van der Waals surface area contributed by atoms with E-state index in [2.05, 4.69) is 0 Å². The van der Waals surface area contributed by atoms with Gasteiger partial charge in [0.2, 0.25) is 0 Å². The van der Waals surface area contributed by atoms with Crippen LogP contribution in [0.4, 0.5) is 0 Å². The van der Waals surface area contributed by atoms with Gasteiger partial charge in [-0.3, -0.25) is 0 Å². The molecule has 2 heterocycles. The Labute approximate surface area is 346 Å². The van der Waals surface area contributed by atoms with Crippen LogP contribution in [0.2, 0.25) is 0 Å². The van der Waals surface area contributed by atoms with Gasteiger partial charge in [0, 0.05) is 7.11 Å². The zero-order valence-corrected chi connectivity index (χ0v) is 33.2. The summed E-state index contributed by atoms with van der Waals surface area (Å²) < 4.78 is 57.9. The smallest absolute Gasteiger partial charge is 0.187 e. The van der Waals surface area contributed by atoms with Crippen molar-refractivity contribution in [2.24, 2.45) is 0 Å². The summed E-state index contributed by atoms with van der Waals surface area (Å²) in [5, 5.41) is 23.6. The Kier molecular flexibility index (Phi) is 16.2. The first kappa shape index (κ1) is 42.8. The van der Waals surface area contributed by atoms with Gasteiger partial charge in [-0.15, -0.1) is 0 Å². The largest absolute Gasteiger partial charge is 0.387 e. The summed E-state index contributed by atoms with van der Waals surface area (Å²) in [5.41, 5.74) is 4.75. The van der Waals surface area contributed by atoms with E-state index in [-0.39, 0.29) is 33.0 Å². The number of rotatable bonds is 20. The van der Waals surface area contributed by atoms with Gasteiger partial charge >= 0.3 is 0 Å². The highest BCUT2D eigenvalue weighted by Crippen LogP contribution is 2.34. The van der Waals surface area contributed by atoms with Gasteiger partial charge in [-0.2, -0.15) is 0 Å². The third-order valence-corrected chi connectivity index (χ3v) is 10.4. The number of ether oxygens (including phenoxy) is 9. The lowest BCUT2D eigenvalue weighted by Crippen LogP contribution is -2.65. The van der Waals surface area contributed by atoms with Crippen molar-refractivity contribution in [2.75, 3.05) is 20.3 Å². The summed E-state index contributed by atoms with van der Waals surface area (Å²) in [4.78, 5) is 0. The SMILES string of the molecule is CO[C@H]1O[C@H](COCc2ccccc2)[C@@H](O[C@@H]2O[C@H](COCc3ccccc3)[C@@H](OCc3ccccc3)[C@H](O)[C@H]2O)[C@H](OCc2ccccc2)[C@H]1OCc1ccccc1. The summed E-state index contributed by atoms with van der Waals surface area (Å²) >= 11 is 0. The molecule has 0 unspecified atom stereocenters. The molecule has 2 fully saturated rings. The highest BCUT2D eigenvalue weighted by molar-refractivity contribution is 5.17. The average molecular weight is 807 g/mol. The molecule has 11 nitrogen and oxygen atoms in total. The van der Waals surface area contributed by atoms with Crippen molar-refractivity contribution in [1.82, 2.24) is 0 Å². The van der Waals surface area contributed by atoms with Crippen LogP contribution < -0.4 is 0 Å². The van der Waals surface area contributed by atoms with E-state index in [1.807, 2.05) is 152 Å². The van der Waals surface area contributed by atoms with Crippen molar-refractivity contribution in [1.29, 1.82) is 0 Å². The maximum atomic E-state index is 11.8. The van der Waals surface area contributed by atoms with Crippen molar-refractivity contribution in [3.05, 3.63) is 179 Å². The Morgan fingerprint density at radius 2 is 0.763 bits per heavy atom. The van der Waals surface area contributed by atoms with Crippen molar-refractivity contribution < 1.29 is 52.8 Å². The van der Waals surface area contributed by atoms with E-state index < -0.39 is 61.4 Å². The predicted molar refractivity (Wildman–Crippen MR) is 218 cm³/mol. The van der Waals surface area contributed by atoms with E-state index in [1.54, 1.807) is 7.11 Å². The molecule has 0 saturated carbocycles. The molecule has 2 saturated heterocycles. The molecule has 2 aliphatic rings. The Bertz CT molecular complexity index is 1890. The second kappa shape index (κ2) is 22.3. The highest BCUT2D eigenvalue weighted by Gasteiger charge is 2.53. The summed E-state index contributed by atoms with van der Waals surface area (Å²) in [6.07, 6.45) is -10.3. The minimum atomic E-state index is -1.52.